The van der Waals surface area contributed by atoms with E-state index >= 15 is 0 Å². The van der Waals surface area contributed by atoms with Crippen LogP contribution in [0.2, 0.25) is 5.02 Å². The zero-order valence-electron chi connectivity index (χ0n) is 17.1. The molecule has 2 N–H and O–H groups in total. The molecule has 2 heterocycles. The summed E-state index contributed by atoms with van der Waals surface area (Å²) in [5, 5.41) is 6.72. The number of nitrogens with zero attached hydrogens (tertiary/aromatic N) is 3. The van der Waals surface area contributed by atoms with Gasteiger partial charge < -0.3 is 5.32 Å². The lowest BCUT2D eigenvalue weighted by molar-refractivity contribution is -0.137. The molecule has 31 heavy (non-hydrogen) atoms. The summed E-state index contributed by atoms with van der Waals surface area (Å²) in [7, 11) is 0. The molecular weight excluding hydrogens is 435 g/mol. The maximum atomic E-state index is 13.4. The summed E-state index contributed by atoms with van der Waals surface area (Å²) in [5.74, 6) is -0.904. The van der Waals surface area contributed by atoms with E-state index in [-0.39, 0.29) is 22.3 Å². The molecule has 2 aromatic heterocycles. The highest BCUT2D eigenvalue weighted by molar-refractivity contribution is 6.31. The van der Waals surface area contributed by atoms with Crippen LogP contribution >= 0.6 is 11.6 Å². The van der Waals surface area contributed by atoms with Crippen molar-refractivity contribution in [1.29, 1.82) is 0 Å². The van der Waals surface area contributed by atoms with Gasteiger partial charge in [-0.15, -0.1) is 0 Å². The average Bonchev–Trinajstić information content (AvgIpc) is 2.95. The van der Waals surface area contributed by atoms with Crippen molar-refractivity contribution >= 4 is 23.3 Å². The molecule has 0 aliphatic carbocycles. The number of rotatable bonds is 4. The van der Waals surface area contributed by atoms with Gasteiger partial charge in [-0.3, -0.25) is 14.6 Å². The lowest BCUT2D eigenvalue weighted by Gasteiger charge is -2.14. The first-order valence-corrected chi connectivity index (χ1v) is 9.66. The lowest BCUT2D eigenvalue weighted by atomic mass is 10.1. The second-order valence-electron chi connectivity index (χ2n) is 6.92. The molecule has 0 unspecified atom stereocenters. The van der Waals surface area contributed by atoms with Crippen LogP contribution in [0, 0.1) is 20.8 Å². The van der Waals surface area contributed by atoms with Crippen LogP contribution < -0.4 is 10.9 Å². The quantitative estimate of drug-likeness (QED) is 0.613. The number of nitrogens with one attached hydrogen (secondary N) is 2. The molecule has 164 valence electrons. The molecule has 1 aromatic carbocycles. The zero-order valence-corrected chi connectivity index (χ0v) is 17.9. The van der Waals surface area contributed by atoms with Gasteiger partial charge in [0.25, 0.3) is 11.5 Å². The van der Waals surface area contributed by atoms with E-state index < -0.39 is 23.2 Å². The minimum absolute atomic E-state index is 0.0173. The van der Waals surface area contributed by atoms with E-state index in [1.165, 1.54) is 4.68 Å². The number of aromatic amines is 1. The maximum Gasteiger partial charge on any atom is 0.417 e. The average molecular weight is 454 g/mol. The van der Waals surface area contributed by atoms with E-state index in [0.29, 0.717) is 28.9 Å². The Balaban J connectivity index is 2.10. The van der Waals surface area contributed by atoms with Gasteiger partial charge in [0.1, 0.15) is 5.82 Å². The van der Waals surface area contributed by atoms with Gasteiger partial charge in [0.15, 0.2) is 0 Å². The molecule has 0 fully saturated rings. The van der Waals surface area contributed by atoms with Crippen LogP contribution in [0.3, 0.4) is 0 Å². The number of H-pyrrole nitrogens is 1. The SMILES string of the molecule is CCc1c(C)nc(-n2nc(C)c(C)c2NC(=O)c2cc(Cl)ccc2C(F)(F)F)[nH]c1=O. The summed E-state index contributed by atoms with van der Waals surface area (Å²) in [6.45, 7) is 6.78. The van der Waals surface area contributed by atoms with Crippen molar-refractivity contribution in [3.05, 3.63) is 67.2 Å². The van der Waals surface area contributed by atoms with Crippen LogP contribution in [-0.4, -0.2) is 25.7 Å². The normalized spacial score (nSPS) is 11.6. The third-order valence-electron chi connectivity index (χ3n) is 4.89. The molecule has 11 heteroatoms. The molecule has 0 aliphatic rings. The lowest BCUT2D eigenvalue weighted by Crippen LogP contribution is -2.23. The smallest absolute Gasteiger partial charge is 0.306 e. The number of carbonyl (C=O) groups is 1. The van der Waals surface area contributed by atoms with E-state index in [4.69, 9.17) is 11.6 Å². The minimum Gasteiger partial charge on any atom is -0.306 e. The number of aryl methyl sites for hydroxylation is 2. The molecule has 0 saturated heterocycles. The Bertz CT molecular complexity index is 1230. The van der Waals surface area contributed by atoms with Crippen LogP contribution in [-0.2, 0) is 12.6 Å². The first-order chi connectivity index (χ1) is 14.4. The number of aromatic nitrogens is 4. The van der Waals surface area contributed by atoms with E-state index in [9.17, 15) is 22.8 Å². The third kappa shape index (κ3) is 4.34. The summed E-state index contributed by atoms with van der Waals surface area (Å²) in [6, 6.07) is 2.76. The Morgan fingerprint density at radius 2 is 1.90 bits per heavy atom. The molecule has 0 radical (unpaired) electrons. The Morgan fingerprint density at radius 1 is 1.23 bits per heavy atom. The summed E-state index contributed by atoms with van der Waals surface area (Å²) < 4.78 is 41.3. The molecule has 0 atom stereocenters. The van der Waals surface area contributed by atoms with Crippen molar-refractivity contribution < 1.29 is 18.0 Å². The molecule has 3 aromatic rings. The van der Waals surface area contributed by atoms with Gasteiger partial charge >= 0.3 is 6.18 Å². The third-order valence-corrected chi connectivity index (χ3v) is 5.12. The summed E-state index contributed by atoms with van der Waals surface area (Å²) in [4.78, 5) is 32.1. The molecule has 0 bridgehead atoms. The van der Waals surface area contributed by atoms with Crippen molar-refractivity contribution in [3.8, 4) is 5.95 Å². The second-order valence-corrected chi connectivity index (χ2v) is 7.36. The van der Waals surface area contributed by atoms with Gasteiger partial charge in [-0.1, -0.05) is 18.5 Å². The van der Waals surface area contributed by atoms with E-state index in [1.54, 1.807) is 20.8 Å². The Kier molecular flexibility index (Phi) is 5.95. The number of hydrogen-bond donors (Lipinski definition) is 2. The summed E-state index contributed by atoms with van der Waals surface area (Å²) in [6.07, 6.45) is -4.27. The van der Waals surface area contributed by atoms with Gasteiger partial charge in [0, 0.05) is 21.8 Å². The van der Waals surface area contributed by atoms with Gasteiger partial charge in [0.05, 0.1) is 16.8 Å². The van der Waals surface area contributed by atoms with Crippen LogP contribution in [0.15, 0.2) is 23.0 Å². The molecule has 0 spiro atoms. The zero-order chi connectivity index (χ0) is 23.1. The summed E-state index contributed by atoms with van der Waals surface area (Å²) in [5.41, 5.74) is -0.126. The van der Waals surface area contributed by atoms with Crippen molar-refractivity contribution in [3.63, 3.8) is 0 Å². The number of amides is 1. The fourth-order valence-corrected chi connectivity index (χ4v) is 3.32. The fraction of sp³-hybridized carbons (Fsp3) is 0.300. The molecule has 7 nitrogen and oxygen atoms in total. The van der Waals surface area contributed by atoms with E-state index in [2.05, 4.69) is 20.4 Å². The van der Waals surface area contributed by atoms with Crippen molar-refractivity contribution in [2.45, 2.75) is 40.3 Å². The van der Waals surface area contributed by atoms with E-state index in [1.807, 2.05) is 6.92 Å². The largest absolute Gasteiger partial charge is 0.417 e. The minimum atomic E-state index is -4.75. The standard InChI is InChI=1S/C20H19ClF3N5O2/c1-5-13-11(4)25-19(27-17(13)30)29-16(9(2)10(3)28-29)26-18(31)14-8-12(21)6-7-15(14)20(22,23)24/h6-8H,5H2,1-4H3,(H,26,31)(H,25,27,30). The van der Waals surface area contributed by atoms with Gasteiger partial charge in [-0.25, -0.2) is 4.98 Å². The van der Waals surface area contributed by atoms with E-state index in [0.717, 1.165) is 18.2 Å². The number of anilines is 1. The van der Waals surface area contributed by atoms with Crippen LogP contribution in [0.25, 0.3) is 5.95 Å². The monoisotopic (exact) mass is 453 g/mol. The number of alkyl halides is 3. The van der Waals surface area contributed by atoms with Gasteiger partial charge in [-0.05, 0) is 45.4 Å². The molecule has 1 amide bonds. The number of carbonyl (C=O) groups excluding carboxylic acids is 1. The topological polar surface area (TPSA) is 92.7 Å². The fourth-order valence-electron chi connectivity index (χ4n) is 3.14. The Labute approximate surface area is 180 Å². The molecule has 3 rings (SSSR count). The highest BCUT2D eigenvalue weighted by atomic mass is 35.5. The molecular formula is C20H19ClF3N5O2. The highest BCUT2D eigenvalue weighted by Gasteiger charge is 2.35. The van der Waals surface area contributed by atoms with Crippen LogP contribution in [0.5, 0.6) is 0 Å². The van der Waals surface area contributed by atoms with Gasteiger partial charge in [-0.2, -0.15) is 23.0 Å². The first-order valence-electron chi connectivity index (χ1n) is 9.28. The number of halogens is 4. The predicted molar refractivity (Wildman–Crippen MR) is 110 cm³/mol. The second kappa shape index (κ2) is 8.18. The Morgan fingerprint density at radius 3 is 2.48 bits per heavy atom. The highest BCUT2D eigenvalue weighted by Crippen LogP contribution is 2.34. The van der Waals surface area contributed by atoms with Gasteiger partial charge in [0.2, 0.25) is 5.95 Å². The van der Waals surface area contributed by atoms with Crippen LogP contribution in [0.4, 0.5) is 19.0 Å². The summed E-state index contributed by atoms with van der Waals surface area (Å²) >= 11 is 5.83. The number of benzene rings is 1. The maximum absolute atomic E-state index is 13.4. The number of hydrogen-bond acceptors (Lipinski definition) is 4. The van der Waals surface area contributed by atoms with Crippen molar-refractivity contribution in [2.24, 2.45) is 0 Å². The van der Waals surface area contributed by atoms with Crippen LogP contribution in [0.1, 0.15) is 45.4 Å². The van der Waals surface area contributed by atoms with Crippen molar-refractivity contribution in [1.82, 2.24) is 19.7 Å². The Hall–Kier alpha value is -3.14. The predicted octanol–water partition coefficient (Wildman–Crippen LogP) is 4.37. The molecule has 0 aliphatic heterocycles. The molecule has 0 saturated carbocycles. The van der Waals surface area contributed by atoms with Crippen molar-refractivity contribution in [2.75, 3.05) is 5.32 Å². The first kappa shape index (κ1) is 22.5.